The fourth-order valence-electron chi connectivity index (χ4n) is 6.10. The molecule has 1 fully saturated rings. The average molecular weight is 606 g/mol. The molecular formula is C36H37N4O5-. The number of aromatic nitrogens is 4. The molecule has 45 heavy (non-hydrogen) atoms. The standard InChI is InChI=1S/C36H38N4O5/c1-4-7-32-31(22-24-10-12-25(13-11-24)29-8-5-6-9-30(29)33-38-35(42)45-39-33)34(41)40(23(2)37-32)26-14-16-27(17-15-26)44-28-18-20-36(3,43)21-19-28/h5-6,8-17,28,43H,4,7,18-22H2,1-3H3,(H,38,39,42)/p-1. The molecule has 0 aliphatic heterocycles. The van der Waals surface area contributed by atoms with Crippen molar-refractivity contribution in [3.8, 4) is 40.0 Å². The molecule has 0 atom stereocenters. The highest BCUT2D eigenvalue weighted by Crippen LogP contribution is 2.32. The van der Waals surface area contributed by atoms with Gasteiger partial charge in [-0.15, -0.1) is 0 Å². The lowest BCUT2D eigenvalue weighted by molar-refractivity contribution is -0.303. The van der Waals surface area contributed by atoms with Crippen molar-refractivity contribution in [1.82, 2.24) is 19.7 Å². The zero-order valence-corrected chi connectivity index (χ0v) is 25.8. The van der Waals surface area contributed by atoms with Crippen LogP contribution in [0.4, 0.5) is 0 Å². The predicted octanol–water partition coefficient (Wildman–Crippen LogP) is 5.95. The first-order valence-electron chi connectivity index (χ1n) is 15.5. The maximum absolute atomic E-state index is 14.1. The maximum atomic E-state index is 14.1. The molecule has 0 bridgehead atoms. The van der Waals surface area contributed by atoms with Crippen molar-refractivity contribution in [2.24, 2.45) is 0 Å². The van der Waals surface area contributed by atoms with Gasteiger partial charge < -0.3 is 19.5 Å². The lowest BCUT2D eigenvalue weighted by atomic mass is 9.85. The van der Waals surface area contributed by atoms with Crippen LogP contribution in [0.15, 0.2) is 82.1 Å². The van der Waals surface area contributed by atoms with E-state index in [-0.39, 0.29) is 17.5 Å². The highest BCUT2D eigenvalue weighted by atomic mass is 16.6. The molecule has 9 nitrogen and oxygen atoms in total. The summed E-state index contributed by atoms with van der Waals surface area (Å²) >= 11 is 0. The summed E-state index contributed by atoms with van der Waals surface area (Å²) in [5.74, 6) is 1.64. The molecule has 2 heterocycles. The summed E-state index contributed by atoms with van der Waals surface area (Å²) in [6.07, 6.45) is 4.46. The minimum Gasteiger partial charge on any atom is -0.528 e. The Balaban J connectivity index is 1.26. The van der Waals surface area contributed by atoms with Crippen LogP contribution in [0.3, 0.4) is 0 Å². The summed E-state index contributed by atoms with van der Waals surface area (Å²) in [5, 5.41) is 25.5. The topological polar surface area (TPSA) is 126 Å². The first kappa shape index (κ1) is 30.3. The van der Waals surface area contributed by atoms with Crippen molar-refractivity contribution in [3.63, 3.8) is 0 Å². The number of hydrogen-bond acceptors (Lipinski definition) is 8. The van der Waals surface area contributed by atoms with Gasteiger partial charge in [0.25, 0.3) is 5.56 Å². The molecule has 1 aliphatic carbocycles. The number of aryl methyl sites for hydroxylation is 2. The van der Waals surface area contributed by atoms with E-state index in [1.165, 1.54) is 0 Å². The number of hydrogen-bond donors (Lipinski definition) is 1. The first-order valence-corrected chi connectivity index (χ1v) is 15.5. The summed E-state index contributed by atoms with van der Waals surface area (Å²) < 4.78 is 12.5. The van der Waals surface area contributed by atoms with Gasteiger partial charge in [0.15, 0.2) is 11.9 Å². The third kappa shape index (κ3) is 6.68. The van der Waals surface area contributed by atoms with Crippen LogP contribution in [0.2, 0.25) is 0 Å². The van der Waals surface area contributed by atoms with Gasteiger partial charge in [-0.2, -0.15) is 5.16 Å². The van der Waals surface area contributed by atoms with E-state index in [0.29, 0.717) is 29.8 Å². The summed E-state index contributed by atoms with van der Waals surface area (Å²) in [6, 6.07) is 23.2. The SMILES string of the molecule is CCCc1nc(C)n(-c2ccc(OC3CCC(C)(O)CC3)cc2)c(=O)c1Cc1ccc(-c2ccccc2-c2noc([O-])n2)cc1. The van der Waals surface area contributed by atoms with Crippen molar-refractivity contribution >= 4 is 0 Å². The number of rotatable bonds is 9. The van der Waals surface area contributed by atoms with E-state index >= 15 is 0 Å². The molecule has 0 amide bonds. The largest absolute Gasteiger partial charge is 0.528 e. The van der Waals surface area contributed by atoms with Gasteiger partial charge in [-0.25, -0.2) is 9.97 Å². The average Bonchev–Trinajstić information content (AvgIpc) is 3.47. The molecule has 232 valence electrons. The van der Waals surface area contributed by atoms with Crippen LogP contribution in [0, 0.1) is 6.92 Å². The van der Waals surface area contributed by atoms with Crippen molar-refractivity contribution in [3.05, 3.63) is 106 Å². The molecule has 5 aromatic rings. The van der Waals surface area contributed by atoms with E-state index in [1.54, 1.807) is 4.57 Å². The fourth-order valence-corrected chi connectivity index (χ4v) is 6.10. The third-order valence-corrected chi connectivity index (χ3v) is 8.55. The number of aliphatic hydroxyl groups is 1. The third-order valence-electron chi connectivity index (χ3n) is 8.55. The van der Waals surface area contributed by atoms with Gasteiger partial charge in [-0.05, 0) is 86.9 Å². The Labute approximate surface area is 262 Å². The number of ether oxygens (including phenoxy) is 1. The van der Waals surface area contributed by atoms with Crippen LogP contribution in [-0.4, -0.2) is 36.5 Å². The summed E-state index contributed by atoms with van der Waals surface area (Å²) in [6.45, 7) is 5.84. The molecule has 6 rings (SSSR count). The van der Waals surface area contributed by atoms with Gasteiger partial charge in [0.2, 0.25) is 0 Å². The van der Waals surface area contributed by atoms with Crippen molar-refractivity contribution in [1.29, 1.82) is 0 Å². The monoisotopic (exact) mass is 605 g/mol. The van der Waals surface area contributed by atoms with E-state index in [2.05, 4.69) is 21.6 Å². The Morgan fingerprint density at radius 1 is 1.00 bits per heavy atom. The molecule has 2 aromatic heterocycles. The van der Waals surface area contributed by atoms with Crippen LogP contribution in [0.25, 0.3) is 28.2 Å². The second-order valence-electron chi connectivity index (χ2n) is 12.1. The zero-order chi connectivity index (χ0) is 31.6. The molecule has 3 aromatic carbocycles. The summed E-state index contributed by atoms with van der Waals surface area (Å²) in [4.78, 5) is 22.8. The van der Waals surface area contributed by atoms with Crippen molar-refractivity contribution in [2.75, 3.05) is 0 Å². The Bertz CT molecular complexity index is 1830. The number of benzene rings is 3. The van der Waals surface area contributed by atoms with E-state index in [1.807, 2.05) is 86.6 Å². The van der Waals surface area contributed by atoms with Gasteiger partial charge in [-0.1, -0.05) is 61.9 Å². The Kier molecular flexibility index (Phi) is 8.54. The van der Waals surface area contributed by atoms with Crippen molar-refractivity contribution < 1.29 is 19.5 Å². The molecule has 1 N–H and O–H groups in total. The Hall–Kier alpha value is -4.76. The number of nitrogens with zero attached hydrogens (tertiary/aromatic N) is 4. The second kappa shape index (κ2) is 12.7. The predicted molar refractivity (Wildman–Crippen MR) is 169 cm³/mol. The molecule has 0 unspecified atom stereocenters. The van der Waals surface area contributed by atoms with Crippen molar-refractivity contribution in [2.45, 2.75) is 77.4 Å². The lowest BCUT2D eigenvalue weighted by Gasteiger charge is -2.33. The van der Waals surface area contributed by atoms with Gasteiger partial charge in [-0.3, -0.25) is 9.36 Å². The van der Waals surface area contributed by atoms with E-state index in [0.717, 1.165) is 65.9 Å². The molecule has 1 aliphatic rings. The molecule has 9 heteroatoms. The zero-order valence-electron chi connectivity index (χ0n) is 25.8. The summed E-state index contributed by atoms with van der Waals surface area (Å²) in [5.41, 5.74) is 5.06. The van der Waals surface area contributed by atoms with Gasteiger partial charge in [0, 0.05) is 17.5 Å². The Morgan fingerprint density at radius 3 is 2.33 bits per heavy atom. The quantitative estimate of drug-likeness (QED) is 0.219. The van der Waals surface area contributed by atoms with Gasteiger partial charge >= 0.3 is 0 Å². The van der Waals surface area contributed by atoms with Crippen LogP contribution in [0.1, 0.15) is 68.6 Å². The lowest BCUT2D eigenvalue weighted by Crippen LogP contribution is -2.34. The molecule has 0 radical (unpaired) electrons. The van der Waals surface area contributed by atoms with E-state index in [4.69, 9.17) is 9.72 Å². The first-order chi connectivity index (χ1) is 21.7. The van der Waals surface area contributed by atoms with Crippen LogP contribution in [0.5, 0.6) is 11.8 Å². The Morgan fingerprint density at radius 2 is 1.69 bits per heavy atom. The normalized spacial score (nSPS) is 18.2. The molecular weight excluding hydrogens is 568 g/mol. The minimum absolute atomic E-state index is 0.0749. The second-order valence-corrected chi connectivity index (χ2v) is 12.1. The van der Waals surface area contributed by atoms with Crippen LogP contribution < -0.4 is 15.4 Å². The minimum atomic E-state index is -0.727. The van der Waals surface area contributed by atoms with E-state index < -0.39 is 11.7 Å². The van der Waals surface area contributed by atoms with Gasteiger partial charge in [0.05, 0.1) is 23.1 Å². The van der Waals surface area contributed by atoms with Crippen LogP contribution in [-0.2, 0) is 12.8 Å². The van der Waals surface area contributed by atoms with E-state index in [9.17, 15) is 15.0 Å². The molecule has 0 saturated heterocycles. The smallest absolute Gasteiger partial charge is 0.261 e. The highest BCUT2D eigenvalue weighted by Gasteiger charge is 2.29. The maximum Gasteiger partial charge on any atom is 0.261 e. The molecule has 1 saturated carbocycles. The summed E-state index contributed by atoms with van der Waals surface area (Å²) in [7, 11) is 0. The van der Waals surface area contributed by atoms with Crippen LogP contribution >= 0.6 is 0 Å². The van der Waals surface area contributed by atoms with Gasteiger partial charge in [0.1, 0.15) is 11.6 Å². The fraction of sp³-hybridized carbons (Fsp3) is 0.333. The molecule has 0 spiro atoms. The highest BCUT2D eigenvalue weighted by molar-refractivity contribution is 5.80.